The number of aromatic nitrogens is 1. The summed E-state index contributed by atoms with van der Waals surface area (Å²) in [6.07, 6.45) is 1.79. The van der Waals surface area contributed by atoms with E-state index >= 15 is 0 Å². The molecule has 1 fully saturated rings. The van der Waals surface area contributed by atoms with E-state index < -0.39 is 0 Å². The first-order valence-corrected chi connectivity index (χ1v) is 7.03. The number of carbonyl (C=O) groups is 1. The van der Waals surface area contributed by atoms with Crippen LogP contribution in [0.2, 0.25) is 0 Å². The number of nitrogens with zero attached hydrogens (tertiary/aromatic N) is 2. The van der Waals surface area contributed by atoms with Gasteiger partial charge in [0.1, 0.15) is 6.10 Å². The number of carbonyl (C=O) groups excluding carboxylic acids is 1. The second kappa shape index (κ2) is 5.01. The number of benzene rings is 1. The SMILES string of the molecule is Cc1ccccc1C(=O)N1CC(Oc2nccs2)C1. The van der Waals surface area contributed by atoms with Crippen LogP contribution in [0.25, 0.3) is 0 Å². The summed E-state index contributed by atoms with van der Waals surface area (Å²) in [5.74, 6) is 0.0806. The first kappa shape index (κ1) is 12.2. The minimum absolute atomic E-state index is 0.0686. The van der Waals surface area contributed by atoms with E-state index in [1.807, 2.05) is 36.6 Å². The summed E-state index contributed by atoms with van der Waals surface area (Å²) in [4.78, 5) is 18.1. The van der Waals surface area contributed by atoms with E-state index in [1.54, 1.807) is 11.1 Å². The fourth-order valence-corrected chi connectivity index (χ4v) is 2.62. The summed E-state index contributed by atoms with van der Waals surface area (Å²) in [6, 6.07) is 7.66. The molecule has 1 aromatic carbocycles. The number of hydrogen-bond acceptors (Lipinski definition) is 4. The van der Waals surface area contributed by atoms with Gasteiger partial charge in [0.05, 0.1) is 13.1 Å². The maximum Gasteiger partial charge on any atom is 0.273 e. The van der Waals surface area contributed by atoms with Crippen LogP contribution in [-0.2, 0) is 0 Å². The van der Waals surface area contributed by atoms with Crippen molar-refractivity contribution in [3.05, 3.63) is 47.0 Å². The Morgan fingerprint density at radius 1 is 1.42 bits per heavy atom. The van der Waals surface area contributed by atoms with Crippen LogP contribution in [0.5, 0.6) is 5.19 Å². The van der Waals surface area contributed by atoms with Gasteiger partial charge in [-0.25, -0.2) is 4.98 Å². The number of aryl methyl sites for hydroxylation is 1. The number of hydrogen-bond donors (Lipinski definition) is 0. The van der Waals surface area contributed by atoms with Crippen LogP contribution in [0.3, 0.4) is 0 Å². The molecule has 2 heterocycles. The topological polar surface area (TPSA) is 42.4 Å². The maximum atomic E-state index is 12.3. The molecule has 2 aromatic rings. The molecule has 1 aliphatic rings. The molecule has 1 aliphatic heterocycles. The van der Waals surface area contributed by atoms with Crippen molar-refractivity contribution in [2.75, 3.05) is 13.1 Å². The van der Waals surface area contributed by atoms with E-state index in [-0.39, 0.29) is 12.0 Å². The Balaban J connectivity index is 1.59. The Bertz CT molecular complexity index is 577. The van der Waals surface area contributed by atoms with Crippen molar-refractivity contribution >= 4 is 17.2 Å². The van der Waals surface area contributed by atoms with E-state index in [0.717, 1.165) is 11.1 Å². The fourth-order valence-electron chi connectivity index (χ4n) is 2.07. The van der Waals surface area contributed by atoms with Gasteiger partial charge in [-0.2, -0.15) is 0 Å². The largest absolute Gasteiger partial charge is 0.463 e. The van der Waals surface area contributed by atoms with Crippen LogP contribution < -0.4 is 4.74 Å². The van der Waals surface area contributed by atoms with Gasteiger partial charge in [0.2, 0.25) is 0 Å². The Kier molecular flexibility index (Phi) is 3.21. The number of thiazole rings is 1. The van der Waals surface area contributed by atoms with Gasteiger partial charge in [-0.15, -0.1) is 0 Å². The van der Waals surface area contributed by atoms with E-state index in [2.05, 4.69) is 4.98 Å². The quantitative estimate of drug-likeness (QED) is 0.863. The molecule has 1 aromatic heterocycles. The van der Waals surface area contributed by atoms with Gasteiger partial charge in [-0.3, -0.25) is 4.79 Å². The van der Waals surface area contributed by atoms with Crippen LogP contribution >= 0.6 is 11.3 Å². The molecule has 5 heteroatoms. The minimum atomic E-state index is 0.0686. The van der Waals surface area contributed by atoms with Crippen molar-refractivity contribution in [3.8, 4) is 5.19 Å². The lowest BCUT2D eigenvalue weighted by atomic mass is 10.0. The van der Waals surface area contributed by atoms with Gasteiger partial charge >= 0.3 is 0 Å². The van der Waals surface area contributed by atoms with Crippen LogP contribution in [0, 0.1) is 6.92 Å². The van der Waals surface area contributed by atoms with Gasteiger partial charge < -0.3 is 9.64 Å². The summed E-state index contributed by atoms with van der Waals surface area (Å²) in [7, 11) is 0. The normalized spacial score (nSPS) is 15.1. The fraction of sp³-hybridized carbons (Fsp3) is 0.286. The summed E-state index contributed by atoms with van der Waals surface area (Å²) in [6.45, 7) is 3.22. The predicted octanol–water partition coefficient (Wildman–Crippen LogP) is 2.35. The zero-order valence-corrected chi connectivity index (χ0v) is 11.4. The van der Waals surface area contributed by atoms with Crippen LogP contribution in [0.4, 0.5) is 0 Å². The van der Waals surface area contributed by atoms with Gasteiger partial charge in [0.15, 0.2) is 0 Å². The maximum absolute atomic E-state index is 12.3. The van der Waals surface area contributed by atoms with Crippen LogP contribution in [-0.4, -0.2) is 35.0 Å². The number of likely N-dealkylation sites (tertiary alicyclic amines) is 1. The number of amides is 1. The molecule has 19 heavy (non-hydrogen) atoms. The van der Waals surface area contributed by atoms with E-state index in [9.17, 15) is 4.79 Å². The highest BCUT2D eigenvalue weighted by Gasteiger charge is 2.33. The van der Waals surface area contributed by atoms with Gasteiger partial charge in [0, 0.05) is 17.1 Å². The average Bonchev–Trinajstić information content (AvgIpc) is 2.86. The monoisotopic (exact) mass is 274 g/mol. The molecule has 1 saturated heterocycles. The highest BCUT2D eigenvalue weighted by Crippen LogP contribution is 2.22. The lowest BCUT2D eigenvalue weighted by Gasteiger charge is -2.38. The van der Waals surface area contributed by atoms with Gasteiger partial charge in [-0.1, -0.05) is 29.5 Å². The van der Waals surface area contributed by atoms with Crippen molar-refractivity contribution in [1.29, 1.82) is 0 Å². The predicted molar refractivity (Wildman–Crippen MR) is 73.6 cm³/mol. The molecule has 0 unspecified atom stereocenters. The second-order valence-electron chi connectivity index (χ2n) is 4.56. The highest BCUT2D eigenvalue weighted by molar-refractivity contribution is 7.11. The Morgan fingerprint density at radius 3 is 2.89 bits per heavy atom. The van der Waals surface area contributed by atoms with Crippen molar-refractivity contribution in [3.63, 3.8) is 0 Å². The molecular formula is C14H14N2O2S. The van der Waals surface area contributed by atoms with Gasteiger partial charge in [0.25, 0.3) is 11.1 Å². The van der Waals surface area contributed by atoms with E-state index in [0.29, 0.717) is 18.3 Å². The third-order valence-electron chi connectivity index (χ3n) is 3.19. The minimum Gasteiger partial charge on any atom is -0.463 e. The first-order valence-electron chi connectivity index (χ1n) is 6.15. The summed E-state index contributed by atoms with van der Waals surface area (Å²) in [5.41, 5.74) is 1.78. The zero-order valence-electron chi connectivity index (χ0n) is 10.6. The molecule has 3 rings (SSSR count). The van der Waals surface area contributed by atoms with Crippen molar-refractivity contribution < 1.29 is 9.53 Å². The molecule has 0 radical (unpaired) electrons. The molecule has 0 saturated carbocycles. The standard InChI is InChI=1S/C14H14N2O2S/c1-10-4-2-3-5-12(10)13(17)16-8-11(9-16)18-14-15-6-7-19-14/h2-7,11H,8-9H2,1H3. The Labute approximate surface area is 115 Å². The molecule has 0 bridgehead atoms. The molecule has 4 nitrogen and oxygen atoms in total. The third-order valence-corrected chi connectivity index (χ3v) is 3.85. The third kappa shape index (κ3) is 2.46. The molecule has 1 amide bonds. The molecule has 0 aliphatic carbocycles. The first-order chi connectivity index (χ1) is 9.24. The van der Waals surface area contributed by atoms with Crippen LogP contribution in [0.15, 0.2) is 35.8 Å². The van der Waals surface area contributed by atoms with Crippen LogP contribution in [0.1, 0.15) is 15.9 Å². The zero-order chi connectivity index (χ0) is 13.2. The highest BCUT2D eigenvalue weighted by atomic mass is 32.1. The smallest absolute Gasteiger partial charge is 0.273 e. The molecule has 0 spiro atoms. The summed E-state index contributed by atoms with van der Waals surface area (Å²) in [5, 5.41) is 2.55. The lowest BCUT2D eigenvalue weighted by molar-refractivity contribution is 0.0176. The Morgan fingerprint density at radius 2 is 2.21 bits per heavy atom. The van der Waals surface area contributed by atoms with E-state index in [1.165, 1.54) is 11.3 Å². The van der Waals surface area contributed by atoms with Crippen molar-refractivity contribution in [2.24, 2.45) is 0 Å². The van der Waals surface area contributed by atoms with E-state index in [4.69, 9.17) is 4.74 Å². The number of rotatable bonds is 3. The molecule has 98 valence electrons. The Hall–Kier alpha value is -1.88. The number of ether oxygens (including phenoxy) is 1. The summed E-state index contributed by atoms with van der Waals surface area (Å²) < 4.78 is 5.65. The summed E-state index contributed by atoms with van der Waals surface area (Å²) >= 11 is 1.47. The molecular weight excluding hydrogens is 260 g/mol. The van der Waals surface area contributed by atoms with Crippen molar-refractivity contribution in [1.82, 2.24) is 9.88 Å². The molecule has 0 N–H and O–H groups in total. The molecule has 0 atom stereocenters. The average molecular weight is 274 g/mol. The second-order valence-corrected chi connectivity index (χ2v) is 5.42. The lowest BCUT2D eigenvalue weighted by Crippen LogP contribution is -2.56. The van der Waals surface area contributed by atoms with Gasteiger partial charge in [-0.05, 0) is 18.6 Å². The van der Waals surface area contributed by atoms with Crippen molar-refractivity contribution in [2.45, 2.75) is 13.0 Å².